The fraction of sp³-hybridized carbons (Fsp3) is 0.250. The van der Waals surface area contributed by atoms with Crippen molar-refractivity contribution in [2.75, 3.05) is 18.8 Å². The molecule has 1 N–H and O–H groups in total. The molecule has 6 heteroatoms. The van der Waals surface area contributed by atoms with Crippen LogP contribution in [0.1, 0.15) is 24.3 Å². The molecule has 0 bridgehead atoms. The molecule has 1 saturated heterocycles. The van der Waals surface area contributed by atoms with Crippen molar-refractivity contribution in [2.45, 2.75) is 23.7 Å². The predicted molar refractivity (Wildman–Crippen MR) is 124 cm³/mol. The molecule has 2 aromatic carbocycles. The Morgan fingerprint density at radius 2 is 1.93 bits per heavy atom. The van der Waals surface area contributed by atoms with Crippen molar-refractivity contribution in [3.8, 4) is 0 Å². The van der Waals surface area contributed by atoms with E-state index in [0.29, 0.717) is 11.7 Å². The highest BCUT2D eigenvalue weighted by Crippen LogP contribution is 2.35. The average Bonchev–Trinajstić information content (AvgIpc) is 3.22. The molecule has 1 aliphatic heterocycles. The lowest BCUT2D eigenvalue weighted by molar-refractivity contribution is -0.129. The topological polar surface area (TPSA) is 49.0 Å². The molecule has 152 valence electrons. The Kier molecular flexibility index (Phi) is 5.40. The largest absolute Gasteiger partial charge is 0.346 e. The van der Waals surface area contributed by atoms with Gasteiger partial charge in [0.1, 0.15) is 5.65 Å². The van der Waals surface area contributed by atoms with E-state index in [0.717, 1.165) is 52.3 Å². The van der Waals surface area contributed by atoms with E-state index in [-0.39, 0.29) is 5.91 Å². The van der Waals surface area contributed by atoms with Gasteiger partial charge in [-0.1, -0.05) is 35.9 Å². The van der Waals surface area contributed by atoms with Crippen molar-refractivity contribution in [3.63, 3.8) is 0 Å². The van der Waals surface area contributed by atoms with Crippen molar-refractivity contribution in [3.05, 3.63) is 71.5 Å². The minimum atomic E-state index is 0.197. The summed E-state index contributed by atoms with van der Waals surface area (Å²) >= 11 is 7.99. The van der Waals surface area contributed by atoms with Gasteiger partial charge in [-0.05, 0) is 54.0 Å². The lowest BCUT2D eigenvalue weighted by atomic mass is 9.89. The molecule has 1 aliphatic rings. The molecular formula is C24H22ClN3OS. The summed E-state index contributed by atoms with van der Waals surface area (Å²) in [5.41, 5.74) is 2.26. The Hall–Kier alpha value is -2.50. The third-order valence-corrected chi connectivity index (χ3v) is 7.29. The number of benzene rings is 2. The second-order valence-corrected chi connectivity index (χ2v) is 9.11. The predicted octanol–water partition coefficient (Wildman–Crippen LogP) is 5.87. The number of hydrogen-bond acceptors (Lipinski definition) is 3. The molecule has 4 aromatic rings. The molecule has 30 heavy (non-hydrogen) atoms. The molecule has 3 heterocycles. The number of nitrogens with one attached hydrogen (secondary N) is 1. The monoisotopic (exact) mass is 435 g/mol. The first kappa shape index (κ1) is 19.5. The minimum Gasteiger partial charge on any atom is -0.346 e. The van der Waals surface area contributed by atoms with Crippen LogP contribution in [0.2, 0.25) is 5.02 Å². The zero-order valence-corrected chi connectivity index (χ0v) is 18.0. The number of aromatic nitrogens is 2. The summed E-state index contributed by atoms with van der Waals surface area (Å²) in [5, 5.41) is 4.07. The molecule has 0 radical (unpaired) electrons. The zero-order valence-electron chi connectivity index (χ0n) is 16.5. The Morgan fingerprint density at radius 1 is 1.13 bits per heavy atom. The highest BCUT2D eigenvalue weighted by atomic mass is 35.5. The van der Waals surface area contributed by atoms with Crippen LogP contribution >= 0.6 is 23.4 Å². The number of rotatable bonds is 4. The number of likely N-dealkylation sites (tertiary alicyclic amines) is 1. The van der Waals surface area contributed by atoms with Gasteiger partial charge < -0.3 is 9.88 Å². The summed E-state index contributed by atoms with van der Waals surface area (Å²) in [7, 11) is 0. The van der Waals surface area contributed by atoms with Crippen LogP contribution in [0.5, 0.6) is 0 Å². The highest BCUT2D eigenvalue weighted by molar-refractivity contribution is 8.00. The van der Waals surface area contributed by atoms with Crippen LogP contribution in [0.3, 0.4) is 0 Å². The Morgan fingerprint density at radius 3 is 2.77 bits per heavy atom. The third-order valence-electron chi connectivity index (χ3n) is 5.94. The summed E-state index contributed by atoms with van der Waals surface area (Å²) in [4.78, 5) is 23.6. The lowest BCUT2D eigenvalue weighted by Crippen LogP contribution is -2.38. The molecule has 0 aliphatic carbocycles. The zero-order chi connectivity index (χ0) is 20.5. The Labute approximate surface area is 184 Å². The number of amides is 1. The highest BCUT2D eigenvalue weighted by Gasteiger charge is 2.25. The lowest BCUT2D eigenvalue weighted by Gasteiger charge is -2.32. The average molecular weight is 436 g/mol. The van der Waals surface area contributed by atoms with Gasteiger partial charge >= 0.3 is 0 Å². The van der Waals surface area contributed by atoms with E-state index < -0.39 is 0 Å². The van der Waals surface area contributed by atoms with Crippen LogP contribution in [0, 0.1) is 0 Å². The summed E-state index contributed by atoms with van der Waals surface area (Å²) in [6, 6.07) is 16.1. The van der Waals surface area contributed by atoms with Crippen molar-refractivity contribution < 1.29 is 4.79 Å². The number of nitrogens with zero attached hydrogens (tertiary/aromatic N) is 2. The number of carbonyl (C=O) groups excluding carboxylic acids is 1. The van der Waals surface area contributed by atoms with Crippen LogP contribution in [0.25, 0.3) is 21.8 Å². The van der Waals surface area contributed by atoms with E-state index in [9.17, 15) is 4.79 Å². The van der Waals surface area contributed by atoms with Gasteiger partial charge in [-0.3, -0.25) is 4.79 Å². The number of halogens is 1. The fourth-order valence-corrected chi connectivity index (χ4v) is 5.72. The normalized spacial score (nSPS) is 15.2. The molecule has 0 atom stereocenters. The van der Waals surface area contributed by atoms with Crippen LogP contribution in [-0.2, 0) is 4.79 Å². The van der Waals surface area contributed by atoms with Gasteiger partial charge in [0, 0.05) is 46.2 Å². The fourth-order valence-electron chi connectivity index (χ4n) is 4.37. The van der Waals surface area contributed by atoms with Crippen LogP contribution in [-0.4, -0.2) is 39.6 Å². The molecular weight excluding hydrogens is 414 g/mol. The number of carbonyl (C=O) groups is 1. The number of thioether (sulfide) groups is 1. The summed E-state index contributed by atoms with van der Waals surface area (Å²) < 4.78 is 0. The third kappa shape index (κ3) is 3.68. The van der Waals surface area contributed by atoms with E-state index in [4.69, 9.17) is 11.6 Å². The maximum absolute atomic E-state index is 12.9. The van der Waals surface area contributed by atoms with E-state index in [1.54, 1.807) is 11.8 Å². The molecule has 0 saturated carbocycles. The molecule has 2 aromatic heterocycles. The number of pyridine rings is 1. The van der Waals surface area contributed by atoms with E-state index in [1.165, 1.54) is 10.9 Å². The summed E-state index contributed by atoms with van der Waals surface area (Å²) in [6.45, 7) is 1.60. The summed E-state index contributed by atoms with van der Waals surface area (Å²) in [5.74, 6) is 1.10. The number of hydrogen-bond donors (Lipinski definition) is 1. The number of fused-ring (bicyclic) bond motifs is 2. The SMILES string of the molecule is O=C(CSc1cccc2cccc(Cl)c12)N1CCC(c2c[nH]c3ncccc23)CC1. The van der Waals surface area contributed by atoms with Gasteiger partial charge in [-0.15, -0.1) is 11.8 Å². The van der Waals surface area contributed by atoms with Crippen molar-refractivity contribution >= 4 is 51.1 Å². The van der Waals surface area contributed by atoms with Gasteiger partial charge in [-0.2, -0.15) is 0 Å². The molecule has 4 nitrogen and oxygen atoms in total. The van der Waals surface area contributed by atoms with Crippen molar-refractivity contribution in [2.24, 2.45) is 0 Å². The van der Waals surface area contributed by atoms with Gasteiger partial charge in [0.25, 0.3) is 0 Å². The van der Waals surface area contributed by atoms with Crippen LogP contribution < -0.4 is 0 Å². The van der Waals surface area contributed by atoms with Gasteiger partial charge in [0.15, 0.2) is 0 Å². The van der Waals surface area contributed by atoms with Gasteiger partial charge in [-0.25, -0.2) is 4.98 Å². The summed E-state index contributed by atoms with van der Waals surface area (Å²) in [6.07, 6.45) is 5.86. The first-order chi connectivity index (χ1) is 14.7. The van der Waals surface area contributed by atoms with E-state index in [1.807, 2.05) is 41.4 Å². The van der Waals surface area contributed by atoms with Crippen LogP contribution in [0.15, 0.2) is 65.8 Å². The van der Waals surface area contributed by atoms with Crippen molar-refractivity contribution in [1.82, 2.24) is 14.9 Å². The molecule has 1 fully saturated rings. The van der Waals surface area contributed by atoms with Gasteiger partial charge in [0.2, 0.25) is 5.91 Å². The second kappa shape index (κ2) is 8.32. The van der Waals surface area contributed by atoms with Crippen molar-refractivity contribution in [1.29, 1.82) is 0 Å². The maximum atomic E-state index is 12.9. The Balaban J connectivity index is 1.23. The molecule has 0 unspecified atom stereocenters. The number of piperidine rings is 1. The van der Waals surface area contributed by atoms with E-state index in [2.05, 4.69) is 34.4 Å². The molecule has 1 amide bonds. The number of aromatic amines is 1. The quantitative estimate of drug-likeness (QED) is 0.408. The molecule has 5 rings (SSSR count). The van der Waals surface area contributed by atoms with Crippen LogP contribution in [0.4, 0.5) is 0 Å². The number of H-pyrrole nitrogens is 1. The first-order valence-corrected chi connectivity index (χ1v) is 11.6. The first-order valence-electron chi connectivity index (χ1n) is 10.2. The minimum absolute atomic E-state index is 0.197. The van der Waals surface area contributed by atoms with E-state index >= 15 is 0 Å². The Bertz CT molecular complexity index is 1210. The maximum Gasteiger partial charge on any atom is 0.232 e. The second-order valence-electron chi connectivity index (χ2n) is 7.68. The molecule has 0 spiro atoms. The standard InChI is InChI=1S/C24H22ClN3OS/c25-20-7-1-4-17-5-2-8-21(23(17)20)30-15-22(29)28-12-9-16(10-13-28)19-14-27-24-18(19)6-3-11-26-24/h1-8,11,14,16H,9-10,12-13,15H2,(H,26,27). The van der Waals surface area contributed by atoms with Gasteiger partial charge in [0.05, 0.1) is 5.75 Å². The smallest absolute Gasteiger partial charge is 0.232 e.